The van der Waals surface area contributed by atoms with Crippen molar-refractivity contribution in [1.82, 2.24) is 9.97 Å². The Balaban J connectivity index is 1.09. The Morgan fingerprint density at radius 2 is 1.28 bits per heavy atom. The summed E-state index contributed by atoms with van der Waals surface area (Å²) in [6, 6.07) is 47.7. The van der Waals surface area contributed by atoms with E-state index in [9.17, 15) is 0 Å². The molecule has 10 rings (SSSR count). The van der Waals surface area contributed by atoms with Crippen molar-refractivity contribution < 1.29 is 4.74 Å². The van der Waals surface area contributed by atoms with Crippen LogP contribution >= 0.6 is 0 Å². The number of pyridine rings is 2. The number of aromatic nitrogens is 2. The molecule has 5 aromatic carbocycles. The van der Waals surface area contributed by atoms with E-state index in [1.165, 1.54) is 27.8 Å². The first-order valence-electron chi connectivity index (χ1n) is 15.9. The Morgan fingerprint density at radius 1 is 0.587 bits per heavy atom. The Labute approximate surface area is 267 Å². The molecule has 2 unspecified atom stereocenters. The van der Waals surface area contributed by atoms with E-state index in [0.717, 1.165) is 49.9 Å². The third kappa shape index (κ3) is 3.48. The molecule has 3 heterocycles. The number of hydrogen-bond donors (Lipinski definition) is 0. The minimum absolute atomic E-state index is 0.0991. The SMILES string of the molecule is C1=CC2C(C=C1c1cccc(-c3ccc4ccc5cccnc5c4n3)c1)Oc1ccccc1C21c2ccccc2-c2ccccc21. The standard InChI is InChI=1S/C43H28N2O/c1-3-14-34-32(12-1)33-13-2-4-15-35(33)43(34)36-16-5-6-17-39(36)46-40-26-30(20-22-37(40)43)29-9-7-10-31(25-29)38-23-21-28-19-18-27-11-8-24-44-41(27)42(28)45-38/h1-26,37,40H. The molecule has 1 aliphatic heterocycles. The van der Waals surface area contributed by atoms with Gasteiger partial charge in [0.25, 0.3) is 0 Å². The molecule has 0 fully saturated rings. The summed E-state index contributed by atoms with van der Waals surface area (Å²) in [6.07, 6.45) is 8.73. The third-order valence-electron chi connectivity index (χ3n) is 10.2. The molecule has 3 heteroatoms. The molecule has 0 amide bonds. The van der Waals surface area contributed by atoms with Gasteiger partial charge in [0.05, 0.1) is 22.1 Å². The van der Waals surface area contributed by atoms with Crippen LogP contribution < -0.4 is 4.74 Å². The smallest absolute Gasteiger partial charge is 0.125 e. The van der Waals surface area contributed by atoms with E-state index in [1.54, 1.807) is 0 Å². The summed E-state index contributed by atoms with van der Waals surface area (Å²) in [5, 5.41) is 2.19. The largest absolute Gasteiger partial charge is 0.485 e. The Kier molecular flexibility index (Phi) is 5.32. The number of ether oxygens (including phenoxy) is 1. The molecule has 7 aromatic rings. The second-order valence-electron chi connectivity index (χ2n) is 12.5. The highest BCUT2D eigenvalue weighted by Gasteiger charge is 2.55. The van der Waals surface area contributed by atoms with Gasteiger partial charge >= 0.3 is 0 Å². The van der Waals surface area contributed by atoms with Gasteiger partial charge in [0, 0.05) is 34.0 Å². The van der Waals surface area contributed by atoms with Gasteiger partial charge in [-0.2, -0.15) is 0 Å². The van der Waals surface area contributed by atoms with Crippen LogP contribution in [0.4, 0.5) is 0 Å². The van der Waals surface area contributed by atoms with Gasteiger partial charge in [-0.1, -0.05) is 121 Å². The summed E-state index contributed by atoms with van der Waals surface area (Å²) in [7, 11) is 0. The number of rotatable bonds is 2. The predicted molar refractivity (Wildman–Crippen MR) is 186 cm³/mol. The van der Waals surface area contributed by atoms with Crippen LogP contribution in [0.3, 0.4) is 0 Å². The molecule has 3 aliphatic rings. The highest BCUT2D eigenvalue weighted by atomic mass is 16.5. The van der Waals surface area contributed by atoms with E-state index in [4.69, 9.17) is 9.72 Å². The van der Waals surface area contributed by atoms with Gasteiger partial charge in [0.15, 0.2) is 0 Å². The number of benzene rings is 5. The molecule has 2 aromatic heterocycles. The fraction of sp³-hybridized carbons (Fsp3) is 0.0698. The van der Waals surface area contributed by atoms with Crippen molar-refractivity contribution >= 4 is 27.4 Å². The molecule has 2 atom stereocenters. The Hall–Kier alpha value is -5.80. The average molecular weight is 589 g/mol. The number of fused-ring (bicyclic) bond motifs is 12. The zero-order chi connectivity index (χ0) is 30.2. The van der Waals surface area contributed by atoms with E-state index in [1.807, 2.05) is 12.3 Å². The van der Waals surface area contributed by atoms with Crippen molar-refractivity contribution in [1.29, 1.82) is 0 Å². The van der Waals surface area contributed by atoms with Crippen LogP contribution in [0.1, 0.15) is 22.3 Å². The molecule has 0 bridgehead atoms. The molecular formula is C43H28N2O. The van der Waals surface area contributed by atoms with E-state index in [-0.39, 0.29) is 17.4 Å². The zero-order valence-electron chi connectivity index (χ0n) is 25.0. The summed E-state index contributed by atoms with van der Waals surface area (Å²) in [5.74, 6) is 1.05. The maximum atomic E-state index is 6.86. The first kappa shape index (κ1) is 25.5. The summed E-state index contributed by atoms with van der Waals surface area (Å²) in [5.41, 5.74) is 12.4. The summed E-state index contributed by atoms with van der Waals surface area (Å²) >= 11 is 0. The van der Waals surface area contributed by atoms with Gasteiger partial charge in [-0.05, 0) is 63.7 Å². The van der Waals surface area contributed by atoms with Gasteiger partial charge < -0.3 is 4.74 Å². The van der Waals surface area contributed by atoms with Crippen molar-refractivity contribution in [2.45, 2.75) is 11.5 Å². The van der Waals surface area contributed by atoms with E-state index in [0.29, 0.717) is 0 Å². The van der Waals surface area contributed by atoms with Gasteiger partial charge in [-0.25, -0.2) is 4.98 Å². The molecular weight excluding hydrogens is 560 g/mol. The normalized spacial score (nSPS) is 18.4. The van der Waals surface area contributed by atoms with E-state index in [2.05, 4.69) is 151 Å². The third-order valence-corrected chi connectivity index (χ3v) is 10.2. The van der Waals surface area contributed by atoms with Crippen LogP contribution in [0, 0.1) is 5.92 Å². The number of nitrogens with zero attached hydrogens (tertiary/aromatic N) is 2. The second kappa shape index (κ2) is 9.60. The van der Waals surface area contributed by atoms with Crippen molar-refractivity contribution in [2.75, 3.05) is 0 Å². The maximum absolute atomic E-state index is 6.86. The van der Waals surface area contributed by atoms with Crippen LogP contribution in [0.2, 0.25) is 0 Å². The van der Waals surface area contributed by atoms with Gasteiger partial charge in [0.2, 0.25) is 0 Å². The average Bonchev–Trinajstić information content (AvgIpc) is 3.42. The molecule has 0 saturated carbocycles. The molecule has 0 N–H and O–H groups in total. The molecule has 3 nitrogen and oxygen atoms in total. The zero-order valence-corrected chi connectivity index (χ0v) is 25.0. The molecule has 1 spiro atoms. The van der Waals surface area contributed by atoms with Crippen molar-refractivity contribution in [3.05, 3.63) is 180 Å². The van der Waals surface area contributed by atoms with Crippen LogP contribution in [-0.4, -0.2) is 16.1 Å². The topological polar surface area (TPSA) is 35.0 Å². The van der Waals surface area contributed by atoms with E-state index >= 15 is 0 Å². The Bertz CT molecular complexity index is 2390. The maximum Gasteiger partial charge on any atom is 0.125 e. The van der Waals surface area contributed by atoms with Gasteiger partial charge in [0.1, 0.15) is 11.9 Å². The van der Waals surface area contributed by atoms with Gasteiger partial charge in [-0.15, -0.1) is 0 Å². The van der Waals surface area contributed by atoms with E-state index < -0.39 is 0 Å². The monoisotopic (exact) mass is 588 g/mol. The fourth-order valence-corrected chi connectivity index (χ4v) is 8.23. The van der Waals surface area contributed by atoms with Gasteiger partial charge in [-0.3, -0.25) is 4.98 Å². The highest BCUT2D eigenvalue weighted by molar-refractivity contribution is 6.03. The van der Waals surface area contributed by atoms with Crippen LogP contribution in [-0.2, 0) is 5.41 Å². The lowest BCUT2D eigenvalue weighted by Crippen LogP contribution is -2.47. The first-order chi connectivity index (χ1) is 22.8. The molecule has 0 radical (unpaired) electrons. The molecule has 0 saturated heterocycles. The summed E-state index contributed by atoms with van der Waals surface area (Å²) < 4.78 is 6.86. The number of allylic oxidation sites excluding steroid dienone is 2. The predicted octanol–water partition coefficient (Wildman–Crippen LogP) is 9.80. The molecule has 46 heavy (non-hydrogen) atoms. The highest BCUT2D eigenvalue weighted by Crippen LogP contribution is 2.61. The lowest BCUT2D eigenvalue weighted by Gasteiger charge is -2.47. The van der Waals surface area contributed by atoms with Crippen LogP contribution in [0.25, 0.3) is 49.8 Å². The van der Waals surface area contributed by atoms with Crippen molar-refractivity contribution in [2.24, 2.45) is 5.92 Å². The summed E-state index contributed by atoms with van der Waals surface area (Å²) in [4.78, 5) is 9.77. The molecule has 2 aliphatic carbocycles. The summed E-state index contributed by atoms with van der Waals surface area (Å²) in [6.45, 7) is 0. The lowest BCUT2D eigenvalue weighted by molar-refractivity contribution is 0.142. The van der Waals surface area contributed by atoms with Crippen molar-refractivity contribution in [3.8, 4) is 28.1 Å². The first-order valence-corrected chi connectivity index (χ1v) is 15.9. The van der Waals surface area contributed by atoms with Crippen LogP contribution in [0.5, 0.6) is 5.75 Å². The minimum Gasteiger partial charge on any atom is -0.485 e. The lowest BCUT2D eigenvalue weighted by atomic mass is 9.60. The fourth-order valence-electron chi connectivity index (χ4n) is 8.23. The second-order valence-corrected chi connectivity index (χ2v) is 12.5. The Morgan fingerprint density at radius 3 is 2.11 bits per heavy atom. The van der Waals surface area contributed by atoms with Crippen molar-refractivity contribution in [3.63, 3.8) is 0 Å². The minimum atomic E-state index is -0.334. The number of para-hydroxylation sites is 1. The molecule has 216 valence electrons. The quantitative estimate of drug-likeness (QED) is 0.189. The van der Waals surface area contributed by atoms with Crippen LogP contribution in [0.15, 0.2) is 158 Å². The number of hydrogen-bond acceptors (Lipinski definition) is 3.